The minimum Gasteiger partial charge on any atom is -0.392 e. The highest BCUT2D eigenvalue weighted by Crippen LogP contribution is 2.20. The minimum atomic E-state index is -0.406. The van der Waals surface area contributed by atoms with Crippen molar-refractivity contribution in [3.8, 4) is 0 Å². The van der Waals surface area contributed by atoms with E-state index in [0.29, 0.717) is 12.5 Å². The van der Waals surface area contributed by atoms with Crippen LogP contribution in [-0.2, 0) is 4.79 Å². The molecule has 0 aromatic heterocycles. The van der Waals surface area contributed by atoms with Gasteiger partial charge in [-0.25, -0.2) is 0 Å². The first-order valence-corrected chi connectivity index (χ1v) is 7.21. The molecule has 1 amide bonds. The van der Waals surface area contributed by atoms with Crippen LogP contribution in [0.3, 0.4) is 0 Å². The molecular formula is C14H21BrN2O2. The van der Waals surface area contributed by atoms with Crippen LogP contribution in [0, 0.1) is 5.92 Å². The van der Waals surface area contributed by atoms with E-state index in [1.807, 2.05) is 24.3 Å². The molecule has 0 heterocycles. The van der Waals surface area contributed by atoms with E-state index in [9.17, 15) is 9.90 Å². The number of carbonyl (C=O) groups is 1. The second-order valence-electron chi connectivity index (χ2n) is 4.94. The average Bonchev–Trinajstić information content (AvgIpc) is 2.31. The zero-order valence-electron chi connectivity index (χ0n) is 11.3. The summed E-state index contributed by atoms with van der Waals surface area (Å²) in [6.45, 7) is 4.74. The molecule has 0 saturated heterocycles. The van der Waals surface area contributed by atoms with E-state index in [4.69, 9.17) is 0 Å². The fraction of sp³-hybridized carbons (Fsp3) is 0.500. The molecule has 5 heteroatoms. The van der Waals surface area contributed by atoms with Crippen molar-refractivity contribution in [3.05, 3.63) is 28.7 Å². The lowest BCUT2D eigenvalue weighted by Crippen LogP contribution is -2.34. The maximum atomic E-state index is 11.7. The van der Waals surface area contributed by atoms with Gasteiger partial charge in [0.25, 0.3) is 0 Å². The monoisotopic (exact) mass is 328 g/mol. The summed E-state index contributed by atoms with van der Waals surface area (Å²) in [6.07, 6.45) is 0.329. The Bertz CT molecular complexity index is 410. The number of aliphatic hydroxyl groups excluding tert-OH is 1. The van der Waals surface area contributed by atoms with Gasteiger partial charge < -0.3 is 15.7 Å². The summed E-state index contributed by atoms with van der Waals surface area (Å²) in [5, 5.41) is 15.4. The highest BCUT2D eigenvalue weighted by atomic mass is 79.9. The minimum absolute atomic E-state index is 0.122. The van der Waals surface area contributed by atoms with E-state index < -0.39 is 6.10 Å². The van der Waals surface area contributed by atoms with Gasteiger partial charge in [0.2, 0.25) is 5.91 Å². The fourth-order valence-electron chi connectivity index (χ4n) is 1.74. The molecule has 0 aliphatic carbocycles. The van der Waals surface area contributed by atoms with Crippen molar-refractivity contribution in [2.45, 2.75) is 26.4 Å². The summed E-state index contributed by atoms with van der Waals surface area (Å²) in [6, 6.07) is 7.45. The number of hydrogen-bond donors (Lipinski definition) is 3. The predicted octanol–water partition coefficient (Wildman–Crippen LogP) is 2.38. The van der Waals surface area contributed by atoms with Crippen molar-refractivity contribution in [1.29, 1.82) is 0 Å². The molecule has 0 fully saturated rings. The van der Waals surface area contributed by atoms with Gasteiger partial charge in [0, 0.05) is 11.0 Å². The Labute approximate surface area is 122 Å². The summed E-state index contributed by atoms with van der Waals surface area (Å²) < 4.78 is 0.850. The molecule has 0 aliphatic rings. The number of nitrogens with one attached hydrogen (secondary N) is 2. The van der Waals surface area contributed by atoms with Gasteiger partial charge in [0.05, 0.1) is 18.3 Å². The Hall–Kier alpha value is -0.910. The second-order valence-corrected chi connectivity index (χ2v) is 5.80. The van der Waals surface area contributed by atoms with Crippen molar-refractivity contribution in [1.82, 2.24) is 5.32 Å². The molecule has 0 spiro atoms. The number of anilines is 1. The Balaban J connectivity index is 2.27. The van der Waals surface area contributed by atoms with Crippen molar-refractivity contribution in [2.24, 2.45) is 5.92 Å². The van der Waals surface area contributed by atoms with Gasteiger partial charge in [-0.1, -0.05) is 26.0 Å². The quantitative estimate of drug-likeness (QED) is 0.720. The molecule has 1 aromatic carbocycles. The van der Waals surface area contributed by atoms with Crippen LogP contribution in [0.5, 0.6) is 0 Å². The average molecular weight is 329 g/mol. The number of halogens is 1. The molecule has 106 valence electrons. The van der Waals surface area contributed by atoms with Crippen molar-refractivity contribution >= 4 is 27.5 Å². The van der Waals surface area contributed by atoms with E-state index in [1.54, 1.807) is 0 Å². The Morgan fingerprint density at radius 3 is 2.68 bits per heavy atom. The molecule has 19 heavy (non-hydrogen) atoms. The molecule has 1 unspecified atom stereocenters. The normalized spacial score (nSPS) is 12.5. The first-order chi connectivity index (χ1) is 8.99. The summed E-state index contributed by atoms with van der Waals surface area (Å²) in [7, 11) is 0. The summed E-state index contributed by atoms with van der Waals surface area (Å²) in [4.78, 5) is 11.7. The molecule has 0 saturated carbocycles. The van der Waals surface area contributed by atoms with Crippen LogP contribution in [-0.4, -0.2) is 30.2 Å². The third-order valence-electron chi connectivity index (χ3n) is 2.56. The van der Waals surface area contributed by atoms with E-state index in [1.165, 1.54) is 0 Å². The van der Waals surface area contributed by atoms with Gasteiger partial charge in [-0.05, 0) is 40.4 Å². The van der Waals surface area contributed by atoms with E-state index in [2.05, 4.69) is 40.4 Å². The highest BCUT2D eigenvalue weighted by Gasteiger charge is 2.08. The number of amides is 1. The van der Waals surface area contributed by atoms with Crippen LogP contribution < -0.4 is 10.6 Å². The van der Waals surface area contributed by atoms with Gasteiger partial charge in [-0.15, -0.1) is 0 Å². The Kier molecular flexibility index (Phi) is 7.05. The first kappa shape index (κ1) is 16.1. The predicted molar refractivity (Wildman–Crippen MR) is 81.1 cm³/mol. The fourth-order valence-corrected chi connectivity index (χ4v) is 2.12. The SMILES string of the molecule is CC(C)CC(O)CNCC(=O)Nc1ccccc1Br. The molecule has 0 aliphatic heterocycles. The van der Waals surface area contributed by atoms with Gasteiger partial charge in [-0.2, -0.15) is 0 Å². The number of aliphatic hydroxyl groups is 1. The lowest BCUT2D eigenvalue weighted by Gasteiger charge is -2.14. The number of para-hydroxylation sites is 1. The van der Waals surface area contributed by atoms with Crippen molar-refractivity contribution in [2.75, 3.05) is 18.4 Å². The molecule has 0 radical (unpaired) electrons. The van der Waals surface area contributed by atoms with Crippen LogP contribution in [0.25, 0.3) is 0 Å². The van der Waals surface area contributed by atoms with Crippen molar-refractivity contribution in [3.63, 3.8) is 0 Å². The topological polar surface area (TPSA) is 61.4 Å². The number of carbonyl (C=O) groups excluding carboxylic acids is 1. The molecule has 1 rings (SSSR count). The Morgan fingerprint density at radius 1 is 1.37 bits per heavy atom. The summed E-state index contributed by atoms with van der Waals surface area (Å²) in [5.74, 6) is 0.328. The highest BCUT2D eigenvalue weighted by molar-refractivity contribution is 9.10. The third kappa shape index (κ3) is 6.71. The molecule has 3 N–H and O–H groups in total. The van der Waals surface area contributed by atoms with E-state index in [-0.39, 0.29) is 12.5 Å². The van der Waals surface area contributed by atoms with Gasteiger partial charge in [0.15, 0.2) is 0 Å². The second kappa shape index (κ2) is 8.30. The smallest absolute Gasteiger partial charge is 0.238 e. The maximum absolute atomic E-state index is 11.7. The number of rotatable bonds is 7. The van der Waals surface area contributed by atoms with E-state index >= 15 is 0 Å². The largest absolute Gasteiger partial charge is 0.392 e. The molecule has 1 aromatic rings. The van der Waals surface area contributed by atoms with Crippen LogP contribution in [0.2, 0.25) is 0 Å². The third-order valence-corrected chi connectivity index (χ3v) is 3.25. The first-order valence-electron chi connectivity index (χ1n) is 6.42. The van der Waals surface area contributed by atoms with E-state index in [0.717, 1.165) is 16.6 Å². The van der Waals surface area contributed by atoms with Crippen LogP contribution in [0.4, 0.5) is 5.69 Å². The summed E-state index contributed by atoms with van der Waals surface area (Å²) in [5.41, 5.74) is 0.747. The Morgan fingerprint density at radius 2 is 2.05 bits per heavy atom. The zero-order chi connectivity index (χ0) is 14.3. The molecule has 4 nitrogen and oxygen atoms in total. The van der Waals surface area contributed by atoms with Crippen molar-refractivity contribution < 1.29 is 9.90 Å². The lowest BCUT2D eigenvalue weighted by molar-refractivity contribution is -0.115. The number of benzene rings is 1. The van der Waals surface area contributed by atoms with Crippen LogP contribution in [0.1, 0.15) is 20.3 Å². The molecule has 0 bridgehead atoms. The summed E-state index contributed by atoms with van der Waals surface area (Å²) >= 11 is 3.37. The number of hydrogen-bond acceptors (Lipinski definition) is 3. The van der Waals surface area contributed by atoms with Gasteiger partial charge >= 0.3 is 0 Å². The van der Waals surface area contributed by atoms with Crippen LogP contribution >= 0.6 is 15.9 Å². The van der Waals surface area contributed by atoms with Crippen LogP contribution in [0.15, 0.2) is 28.7 Å². The van der Waals surface area contributed by atoms with Gasteiger partial charge in [0.1, 0.15) is 0 Å². The maximum Gasteiger partial charge on any atom is 0.238 e. The van der Waals surface area contributed by atoms with Gasteiger partial charge in [-0.3, -0.25) is 4.79 Å². The molecule has 1 atom stereocenters. The standard InChI is InChI=1S/C14H21BrN2O2/c1-10(2)7-11(18)8-16-9-14(19)17-13-6-4-3-5-12(13)15/h3-6,10-11,16,18H,7-9H2,1-2H3,(H,17,19). The molecular weight excluding hydrogens is 308 g/mol. The zero-order valence-corrected chi connectivity index (χ0v) is 12.9. The lowest BCUT2D eigenvalue weighted by atomic mass is 10.1.